The summed E-state index contributed by atoms with van der Waals surface area (Å²) in [6, 6.07) is 5.94. The number of benzene rings is 1. The number of nitrogens with one attached hydrogen (secondary N) is 1. The summed E-state index contributed by atoms with van der Waals surface area (Å²) >= 11 is 3.51. The van der Waals surface area contributed by atoms with E-state index in [1.165, 1.54) is 18.4 Å². The Morgan fingerprint density at radius 1 is 1.41 bits per heavy atom. The Morgan fingerprint density at radius 3 is 2.65 bits per heavy atom. The molecule has 0 bridgehead atoms. The van der Waals surface area contributed by atoms with Crippen LogP contribution in [0.4, 0.5) is 0 Å². The SMILES string of the molecule is Cc1ccc(C(=O)NCC2(CBr)CC2)c(C)c1. The van der Waals surface area contributed by atoms with Crippen LogP contribution in [-0.2, 0) is 0 Å². The minimum absolute atomic E-state index is 0.0507. The van der Waals surface area contributed by atoms with Gasteiger partial charge in [0.25, 0.3) is 5.91 Å². The van der Waals surface area contributed by atoms with Crippen LogP contribution in [-0.4, -0.2) is 17.8 Å². The molecule has 1 fully saturated rings. The Hall–Kier alpha value is -0.830. The predicted octanol–water partition coefficient (Wildman–Crippen LogP) is 3.21. The van der Waals surface area contributed by atoms with Crippen molar-refractivity contribution in [1.29, 1.82) is 0 Å². The first-order valence-corrected chi connectivity index (χ1v) is 7.10. The van der Waals surface area contributed by atoms with Gasteiger partial charge in [0.15, 0.2) is 0 Å². The first-order valence-electron chi connectivity index (χ1n) is 5.98. The molecule has 2 nitrogen and oxygen atoms in total. The van der Waals surface area contributed by atoms with Gasteiger partial charge < -0.3 is 5.32 Å². The average Bonchev–Trinajstić information content (AvgIpc) is 3.07. The lowest BCUT2D eigenvalue weighted by atomic mass is 10.0. The van der Waals surface area contributed by atoms with Gasteiger partial charge in [-0.05, 0) is 43.7 Å². The van der Waals surface area contributed by atoms with Crippen LogP contribution in [0.2, 0.25) is 0 Å². The molecule has 0 aromatic heterocycles. The molecule has 0 saturated heterocycles. The molecular formula is C14H18BrNO. The maximum atomic E-state index is 12.0. The highest BCUT2D eigenvalue weighted by Crippen LogP contribution is 2.46. The van der Waals surface area contributed by atoms with Gasteiger partial charge in [-0.25, -0.2) is 0 Å². The molecule has 0 spiro atoms. The molecule has 0 aliphatic heterocycles. The van der Waals surface area contributed by atoms with Crippen LogP contribution in [0.3, 0.4) is 0 Å². The average molecular weight is 296 g/mol. The molecule has 17 heavy (non-hydrogen) atoms. The van der Waals surface area contributed by atoms with E-state index in [0.29, 0.717) is 5.41 Å². The van der Waals surface area contributed by atoms with Crippen molar-refractivity contribution in [2.45, 2.75) is 26.7 Å². The third kappa shape index (κ3) is 2.89. The third-order valence-electron chi connectivity index (χ3n) is 3.49. The fraction of sp³-hybridized carbons (Fsp3) is 0.500. The number of halogens is 1. The van der Waals surface area contributed by atoms with E-state index in [4.69, 9.17) is 0 Å². The zero-order chi connectivity index (χ0) is 12.5. The van der Waals surface area contributed by atoms with E-state index in [1.54, 1.807) is 0 Å². The molecule has 1 saturated carbocycles. The van der Waals surface area contributed by atoms with Crippen LogP contribution >= 0.6 is 15.9 Å². The van der Waals surface area contributed by atoms with Gasteiger partial charge >= 0.3 is 0 Å². The van der Waals surface area contributed by atoms with Gasteiger partial charge in [-0.15, -0.1) is 0 Å². The number of aryl methyl sites for hydroxylation is 2. The lowest BCUT2D eigenvalue weighted by Crippen LogP contribution is -2.31. The van der Waals surface area contributed by atoms with E-state index < -0.39 is 0 Å². The lowest BCUT2D eigenvalue weighted by molar-refractivity contribution is 0.0946. The molecule has 0 atom stereocenters. The topological polar surface area (TPSA) is 29.1 Å². The van der Waals surface area contributed by atoms with E-state index in [-0.39, 0.29) is 5.91 Å². The number of alkyl halides is 1. The Kier molecular flexibility index (Phi) is 3.57. The van der Waals surface area contributed by atoms with Crippen molar-refractivity contribution in [1.82, 2.24) is 5.32 Å². The zero-order valence-electron chi connectivity index (χ0n) is 10.3. The van der Waals surface area contributed by atoms with Crippen molar-refractivity contribution in [3.8, 4) is 0 Å². The van der Waals surface area contributed by atoms with Crippen LogP contribution in [0.25, 0.3) is 0 Å². The van der Waals surface area contributed by atoms with Gasteiger partial charge in [0.1, 0.15) is 0 Å². The number of rotatable bonds is 4. The molecule has 92 valence electrons. The van der Waals surface area contributed by atoms with Crippen molar-refractivity contribution in [2.24, 2.45) is 5.41 Å². The van der Waals surface area contributed by atoms with Gasteiger partial charge in [-0.2, -0.15) is 0 Å². The van der Waals surface area contributed by atoms with Crippen LogP contribution in [0.15, 0.2) is 18.2 Å². The summed E-state index contributed by atoms with van der Waals surface area (Å²) in [4.78, 5) is 12.0. The smallest absolute Gasteiger partial charge is 0.251 e. The van der Waals surface area contributed by atoms with Gasteiger partial charge in [-0.3, -0.25) is 4.79 Å². The number of hydrogen-bond acceptors (Lipinski definition) is 1. The van der Waals surface area contributed by atoms with E-state index >= 15 is 0 Å². The van der Waals surface area contributed by atoms with E-state index in [9.17, 15) is 4.79 Å². The molecule has 1 aliphatic rings. The summed E-state index contributed by atoms with van der Waals surface area (Å²) in [5.41, 5.74) is 3.36. The van der Waals surface area contributed by atoms with E-state index in [1.807, 2.05) is 32.0 Å². The number of carbonyl (C=O) groups is 1. The molecule has 1 aromatic carbocycles. The van der Waals surface area contributed by atoms with Gasteiger partial charge in [0, 0.05) is 17.4 Å². The van der Waals surface area contributed by atoms with Crippen molar-refractivity contribution < 1.29 is 4.79 Å². The maximum Gasteiger partial charge on any atom is 0.251 e. The fourth-order valence-corrected chi connectivity index (χ4v) is 2.72. The van der Waals surface area contributed by atoms with Gasteiger partial charge in [-0.1, -0.05) is 33.6 Å². The second-order valence-corrected chi connectivity index (χ2v) is 5.70. The predicted molar refractivity (Wildman–Crippen MR) is 73.7 cm³/mol. The second kappa shape index (κ2) is 4.81. The minimum Gasteiger partial charge on any atom is -0.351 e. The minimum atomic E-state index is 0.0507. The fourth-order valence-electron chi connectivity index (χ4n) is 1.97. The Balaban J connectivity index is 2.00. The summed E-state index contributed by atoms with van der Waals surface area (Å²) < 4.78 is 0. The molecule has 3 heteroatoms. The first-order chi connectivity index (χ1) is 8.06. The van der Waals surface area contributed by atoms with E-state index in [2.05, 4.69) is 21.2 Å². The maximum absolute atomic E-state index is 12.0. The molecule has 0 radical (unpaired) electrons. The summed E-state index contributed by atoms with van der Waals surface area (Å²) in [5, 5.41) is 4.02. The highest BCUT2D eigenvalue weighted by atomic mass is 79.9. The summed E-state index contributed by atoms with van der Waals surface area (Å²) in [6.45, 7) is 4.81. The Morgan fingerprint density at radius 2 is 2.12 bits per heavy atom. The highest BCUT2D eigenvalue weighted by Gasteiger charge is 2.41. The van der Waals surface area contributed by atoms with Crippen molar-refractivity contribution in [3.63, 3.8) is 0 Å². The molecule has 1 N–H and O–H groups in total. The van der Waals surface area contributed by atoms with Gasteiger partial charge in [0.05, 0.1) is 0 Å². The van der Waals surface area contributed by atoms with Gasteiger partial charge in [0.2, 0.25) is 0 Å². The Bertz CT molecular complexity index is 438. The standard InChI is InChI=1S/C14H18BrNO/c1-10-3-4-12(11(2)7-10)13(17)16-9-14(8-15)5-6-14/h3-4,7H,5-6,8-9H2,1-2H3,(H,16,17). The summed E-state index contributed by atoms with van der Waals surface area (Å²) in [6.07, 6.45) is 2.43. The monoisotopic (exact) mass is 295 g/mol. The van der Waals surface area contributed by atoms with Crippen molar-refractivity contribution >= 4 is 21.8 Å². The molecule has 1 amide bonds. The van der Waals surface area contributed by atoms with Crippen LogP contribution in [0, 0.1) is 19.3 Å². The number of amides is 1. The highest BCUT2D eigenvalue weighted by molar-refractivity contribution is 9.09. The van der Waals surface area contributed by atoms with E-state index in [0.717, 1.165) is 23.0 Å². The molecule has 0 unspecified atom stereocenters. The second-order valence-electron chi connectivity index (χ2n) is 5.13. The molecule has 0 heterocycles. The molecular weight excluding hydrogens is 278 g/mol. The largest absolute Gasteiger partial charge is 0.351 e. The Labute approximate surface area is 111 Å². The number of hydrogen-bond donors (Lipinski definition) is 1. The normalized spacial score (nSPS) is 16.6. The quantitative estimate of drug-likeness (QED) is 0.849. The molecule has 1 aromatic rings. The van der Waals surface area contributed by atoms with Crippen LogP contribution in [0.5, 0.6) is 0 Å². The van der Waals surface area contributed by atoms with Crippen LogP contribution < -0.4 is 5.32 Å². The summed E-state index contributed by atoms with van der Waals surface area (Å²) in [7, 11) is 0. The molecule has 1 aliphatic carbocycles. The number of carbonyl (C=O) groups excluding carboxylic acids is 1. The van der Waals surface area contributed by atoms with Crippen LogP contribution in [0.1, 0.15) is 34.3 Å². The lowest BCUT2D eigenvalue weighted by Gasteiger charge is -2.13. The summed E-state index contributed by atoms with van der Waals surface area (Å²) in [5.74, 6) is 0.0507. The van der Waals surface area contributed by atoms with Crippen molar-refractivity contribution in [3.05, 3.63) is 34.9 Å². The first kappa shape index (κ1) is 12.6. The molecule has 2 rings (SSSR count). The van der Waals surface area contributed by atoms with Crippen molar-refractivity contribution in [2.75, 3.05) is 11.9 Å². The third-order valence-corrected chi connectivity index (χ3v) is 4.68. The zero-order valence-corrected chi connectivity index (χ0v) is 11.9.